The van der Waals surface area contributed by atoms with Crippen molar-refractivity contribution in [2.75, 3.05) is 33.2 Å². The van der Waals surface area contributed by atoms with Crippen molar-refractivity contribution in [1.82, 2.24) is 0 Å². The average Bonchev–Trinajstić information content (AvgIpc) is 2.32. The van der Waals surface area contributed by atoms with Gasteiger partial charge in [-0.3, -0.25) is 0 Å². The number of halogens is 1. The van der Waals surface area contributed by atoms with Crippen LogP contribution in [0, 0.1) is 0 Å². The maximum atomic E-state index is 11.4. The molecule has 0 fully saturated rings. The molecule has 0 aliphatic heterocycles. The molecule has 5 nitrogen and oxygen atoms in total. The molecular formula is C11H14ClNO4. The Morgan fingerprint density at radius 1 is 1.35 bits per heavy atom. The Hall–Kier alpha value is -1.46. The molecule has 1 rings (SSSR count). The standard InChI is InChI=1S/C11H14ClNO4/c1-15-5-6-17-10-8(12)4-3-7(9(10)13)11(14)16-2/h3-4H,5-6,13H2,1-2H3. The smallest absolute Gasteiger partial charge is 0.340 e. The molecule has 0 atom stereocenters. The van der Waals surface area contributed by atoms with E-state index in [0.29, 0.717) is 18.2 Å². The van der Waals surface area contributed by atoms with Gasteiger partial charge in [0.2, 0.25) is 0 Å². The fraction of sp³-hybridized carbons (Fsp3) is 0.364. The quantitative estimate of drug-likeness (QED) is 0.495. The minimum atomic E-state index is -0.532. The van der Waals surface area contributed by atoms with Crippen LogP contribution in [0.5, 0.6) is 5.75 Å². The van der Waals surface area contributed by atoms with Gasteiger partial charge < -0.3 is 19.9 Å². The zero-order valence-electron chi connectivity index (χ0n) is 9.66. The van der Waals surface area contributed by atoms with E-state index in [2.05, 4.69) is 4.74 Å². The highest BCUT2D eigenvalue weighted by Crippen LogP contribution is 2.34. The zero-order chi connectivity index (χ0) is 12.8. The van der Waals surface area contributed by atoms with E-state index < -0.39 is 5.97 Å². The van der Waals surface area contributed by atoms with E-state index in [9.17, 15) is 4.79 Å². The lowest BCUT2D eigenvalue weighted by Crippen LogP contribution is -2.10. The number of anilines is 1. The lowest BCUT2D eigenvalue weighted by molar-refractivity contribution is 0.0601. The van der Waals surface area contributed by atoms with Gasteiger partial charge in [-0.2, -0.15) is 0 Å². The van der Waals surface area contributed by atoms with E-state index in [1.54, 1.807) is 7.11 Å². The largest absolute Gasteiger partial charge is 0.487 e. The van der Waals surface area contributed by atoms with Crippen molar-refractivity contribution in [2.24, 2.45) is 0 Å². The first kappa shape index (κ1) is 13.6. The van der Waals surface area contributed by atoms with E-state index in [1.165, 1.54) is 19.2 Å². The number of nitrogen functional groups attached to an aromatic ring is 1. The first-order valence-corrected chi connectivity index (χ1v) is 5.27. The number of nitrogens with two attached hydrogens (primary N) is 1. The van der Waals surface area contributed by atoms with Crippen LogP contribution >= 0.6 is 11.6 Å². The van der Waals surface area contributed by atoms with Crippen LogP contribution in [-0.2, 0) is 9.47 Å². The molecule has 94 valence electrons. The van der Waals surface area contributed by atoms with Crippen molar-refractivity contribution >= 4 is 23.3 Å². The predicted molar refractivity (Wildman–Crippen MR) is 64.6 cm³/mol. The summed E-state index contributed by atoms with van der Waals surface area (Å²) in [5, 5.41) is 0.339. The van der Waals surface area contributed by atoms with Gasteiger partial charge in [0.05, 0.1) is 30.0 Å². The highest BCUT2D eigenvalue weighted by atomic mass is 35.5. The molecule has 0 heterocycles. The fourth-order valence-electron chi connectivity index (χ4n) is 1.23. The monoisotopic (exact) mass is 259 g/mol. The van der Waals surface area contributed by atoms with E-state index in [1.807, 2.05) is 0 Å². The molecule has 6 heteroatoms. The molecule has 0 bridgehead atoms. The summed E-state index contributed by atoms with van der Waals surface area (Å²) in [6.45, 7) is 0.698. The molecular weight excluding hydrogens is 246 g/mol. The van der Waals surface area contributed by atoms with Gasteiger partial charge in [-0.1, -0.05) is 11.6 Å². The van der Waals surface area contributed by atoms with Crippen LogP contribution in [0.2, 0.25) is 5.02 Å². The molecule has 0 amide bonds. The highest BCUT2D eigenvalue weighted by Gasteiger charge is 2.16. The van der Waals surface area contributed by atoms with Crippen molar-refractivity contribution in [2.45, 2.75) is 0 Å². The fourth-order valence-corrected chi connectivity index (χ4v) is 1.45. The Bertz CT molecular complexity index is 409. The van der Waals surface area contributed by atoms with E-state index in [0.717, 1.165) is 0 Å². The third-order valence-electron chi connectivity index (χ3n) is 2.09. The summed E-state index contributed by atoms with van der Waals surface area (Å²) < 4.78 is 14.8. The van der Waals surface area contributed by atoms with Gasteiger partial charge in [-0.05, 0) is 12.1 Å². The lowest BCUT2D eigenvalue weighted by Gasteiger charge is -2.12. The number of esters is 1. The van der Waals surface area contributed by atoms with Gasteiger partial charge in [0.25, 0.3) is 0 Å². The van der Waals surface area contributed by atoms with Crippen LogP contribution in [0.15, 0.2) is 12.1 Å². The van der Waals surface area contributed by atoms with E-state index in [-0.39, 0.29) is 17.0 Å². The summed E-state index contributed by atoms with van der Waals surface area (Å²) in [4.78, 5) is 11.4. The third kappa shape index (κ3) is 3.25. The topological polar surface area (TPSA) is 70.8 Å². The number of ether oxygens (including phenoxy) is 3. The Morgan fingerprint density at radius 3 is 2.65 bits per heavy atom. The summed E-state index contributed by atoms with van der Waals surface area (Å²) >= 11 is 5.93. The van der Waals surface area contributed by atoms with Gasteiger partial charge in [0.1, 0.15) is 6.61 Å². The summed E-state index contributed by atoms with van der Waals surface area (Å²) in [5.41, 5.74) is 6.19. The SMILES string of the molecule is COCCOc1c(Cl)ccc(C(=O)OC)c1N. The van der Waals surface area contributed by atoms with Gasteiger partial charge in [-0.25, -0.2) is 4.79 Å². The van der Waals surface area contributed by atoms with Crippen LogP contribution in [-0.4, -0.2) is 33.4 Å². The van der Waals surface area contributed by atoms with E-state index >= 15 is 0 Å². The van der Waals surface area contributed by atoms with Crippen LogP contribution in [0.25, 0.3) is 0 Å². The molecule has 2 N–H and O–H groups in total. The summed E-state index contributed by atoms with van der Waals surface area (Å²) in [7, 11) is 2.83. The van der Waals surface area contributed by atoms with Crippen LogP contribution in [0.3, 0.4) is 0 Å². The summed E-state index contributed by atoms with van der Waals surface area (Å²) in [6.07, 6.45) is 0. The second kappa shape index (κ2) is 6.32. The van der Waals surface area contributed by atoms with Gasteiger partial charge >= 0.3 is 5.97 Å². The number of benzene rings is 1. The minimum absolute atomic E-state index is 0.167. The molecule has 0 aromatic heterocycles. The van der Waals surface area contributed by atoms with Crippen LogP contribution in [0.1, 0.15) is 10.4 Å². The third-order valence-corrected chi connectivity index (χ3v) is 2.38. The number of hydrogen-bond donors (Lipinski definition) is 1. The Balaban J connectivity index is 2.98. The second-order valence-electron chi connectivity index (χ2n) is 3.17. The molecule has 17 heavy (non-hydrogen) atoms. The van der Waals surface area contributed by atoms with Crippen LogP contribution in [0.4, 0.5) is 5.69 Å². The van der Waals surface area contributed by atoms with Gasteiger partial charge in [0.15, 0.2) is 5.75 Å². The molecule has 0 aliphatic rings. The molecule has 0 unspecified atom stereocenters. The van der Waals surface area contributed by atoms with E-state index in [4.69, 9.17) is 26.8 Å². The molecule has 0 saturated carbocycles. The zero-order valence-corrected chi connectivity index (χ0v) is 10.4. The van der Waals surface area contributed by atoms with Crippen molar-refractivity contribution in [3.63, 3.8) is 0 Å². The second-order valence-corrected chi connectivity index (χ2v) is 3.58. The Kier molecular flexibility index (Phi) is 5.06. The number of carbonyl (C=O) groups is 1. The lowest BCUT2D eigenvalue weighted by atomic mass is 10.1. The highest BCUT2D eigenvalue weighted by molar-refractivity contribution is 6.32. The Labute approximate surface area is 104 Å². The molecule has 0 aliphatic carbocycles. The first-order valence-electron chi connectivity index (χ1n) is 4.89. The Morgan fingerprint density at radius 2 is 2.06 bits per heavy atom. The molecule has 1 aromatic carbocycles. The maximum absolute atomic E-state index is 11.4. The van der Waals surface area contributed by atoms with Crippen molar-refractivity contribution in [3.8, 4) is 5.75 Å². The number of rotatable bonds is 5. The summed E-state index contributed by atoms with van der Waals surface area (Å²) in [5.74, 6) is -0.262. The molecule has 0 spiro atoms. The maximum Gasteiger partial charge on any atom is 0.340 e. The molecule has 0 saturated heterocycles. The van der Waals surface area contributed by atoms with Gasteiger partial charge in [0, 0.05) is 7.11 Å². The van der Waals surface area contributed by atoms with Crippen molar-refractivity contribution in [1.29, 1.82) is 0 Å². The number of methoxy groups -OCH3 is 2. The summed E-state index contributed by atoms with van der Waals surface area (Å²) in [6, 6.07) is 3.03. The molecule has 1 aromatic rings. The minimum Gasteiger partial charge on any atom is -0.487 e. The molecule has 0 radical (unpaired) electrons. The number of hydrogen-bond acceptors (Lipinski definition) is 5. The normalized spacial score (nSPS) is 10.1. The predicted octanol–water partition coefficient (Wildman–Crippen LogP) is 1.73. The van der Waals surface area contributed by atoms with Crippen molar-refractivity contribution < 1.29 is 19.0 Å². The van der Waals surface area contributed by atoms with Crippen molar-refractivity contribution in [3.05, 3.63) is 22.7 Å². The number of carbonyl (C=O) groups excluding carboxylic acids is 1. The first-order chi connectivity index (χ1) is 8.11. The van der Waals surface area contributed by atoms with Gasteiger partial charge in [-0.15, -0.1) is 0 Å². The van der Waals surface area contributed by atoms with Crippen LogP contribution < -0.4 is 10.5 Å². The average molecular weight is 260 g/mol.